The maximum Gasteiger partial charge on any atom is 0.319 e. The Balaban J connectivity index is 1.39. The molecule has 4 amide bonds. The molecule has 4 rings (SSSR count). The number of H-pyrrole nitrogens is 1. The Morgan fingerprint density at radius 1 is 1.33 bits per heavy atom. The quantitative estimate of drug-likeness (QED) is 0.738. The molecule has 1 aromatic heterocycles. The fourth-order valence-corrected chi connectivity index (χ4v) is 3.61. The van der Waals surface area contributed by atoms with Crippen molar-refractivity contribution in [3.8, 4) is 11.3 Å². The zero-order valence-corrected chi connectivity index (χ0v) is 14.8. The largest absolute Gasteiger partial charge is 0.345 e. The number of carbonyl (C=O) groups excluding carboxylic acids is 3. The number of benzene rings is 1. The first-order valence-corrected chi connectivity index (χ1v) is 8.72. The molecule has 9 nitrogen and oxygen atoms in total. The summed E-state index contributed by atoms with van der Waals surface area (Å²) in [7, 11) is 1.62. The lowest BCUT2D eigenvalue weighted by molar-refractivity contribution is -0.152. The van der Waals surface area contributed by atoms with E-state index in [1.165, 1.54) is 4.90 Å². The van der Waals surface area contributed by atoms with Crippen molar-refractivity contribution in [2.75, 3.05) is 25.5 Å². The highest BCUT2D eigenvalue weighted by molar-refractivity contribution is 5.96. The predicted octanol–water partition coefficient (Wildman–Crippen LogP) is 0.640. The summed E-state index contributed by atoms with van der Waals surface area (Å²) in [6.45, 7) is 0.444. The van der Waals surface area contributed by atoms with E-state index in [0.717, 1.165) is 11.3 Å². The fourth-order valence-electron chi connectivity index (χ4n) is 3.61. The molecule has 1 aromatic carbocycles. The molecule has 0 bridgehead atoms. The third kappa shape index (κ3) is 3.35. The molecule has 27 heavy (non-hydrogen) atoms. The van der Waals surface area contributed by atoms with Gasteiger partial charge in [0.05, 0.1) is 30.8 Å². The number of amides is 4. The van der Waals surface area contributed by atoms with Crippen LogP contribution in [0.15, 0.2) is 36.8 Å². The number of anilines is 1. The molecule has 0 spiro atoms. The molecule has 2 aliphatic rings. The van der Waals surface area contributed by atoms with Crippen molar-refractivity contribution in [1.29, 1.82) is 0 Å². The van der Waals surface area contributed by atoms with Gasteiger partial charge in [-0.1, -0.05) is 12.1 Å². The Labute approximate surface area is 155 Å². The molecule has 2 aromatic rings. The molecule has 0 radical (unpaired) electrons. The minimum absolute atomic E-state index is 0.0773. The van der Waals surface area contributed by atoms with Crippen molar-refractivity contribution in [2.24, 2.45) is 0 Å². The molecule has 3 N–H and O–H groups in total. The number of hydrogen-bond donors (Lipinski definition) is 3. The van der Waals surface area contributed by atoms with E-state index >= 15 is 0 Å². The van der Waals surface area contributed by atoms with E-state index in [2.05, 4.69) is 20.6 Å². The molecule has 2 fully saturated rings. The number of aromatic amines is 1. The second kappa shape index (κ2) is 6.75. The number of aromatic nitrogens is 2. The van der Waals surface area contributed by atoms with Crippen molar-refractivity contribution in [1.82, 2.24) is 25.1 Å². The van der Waals surface area contributed by atoms with Crippen LogP contribution in [0.4, 0.5) is 10.5 Å². The molecule has 0 aliphatic carbocycles. The molecule has 0 saturated carbocycles. The van der Waals surface area contributed by atoms with E-state index in [0.29, 0.717) is 18.7 Å². The van der Waals surface area contributed by atoms with E-state index in [9.17, 15) is 14.4 Å². The lowest BCUT2D eigenvalue weighted by Gasteiger charge is -2.33. The summed E-state index contributed by atoms with van der Waals surface area (Å²) in [6, 6.07) is 6.28. The summed E-state index contributed by atoms with van der Waals surface area (Å²) in [4.78, 5) is 46.7. The van der Waals surface area contributed by atoms with E-state index in [1.807, 2.05) is 18.2 Å². The van der Waals surface area contributed by atoms with Crippen LogP contribution in [0.3, 0.4) is 0 Å². The summed E-state index contributed by atoms with van der Waals surface area (Å²) in [6.07, 6.45) is 3.73. The van der Waals surface area contributed by atoms with Crippen LogP contribution in [0.5, 0.6) is 0 Å². The Kier molecular flexibility index (Phi) is 4.27. The van der Waals surface area contributed by atoms with Crippen molar-refractivity contribution < 1.29 is 14.4 Å². The first kappa shape index (κ1) is 17.1. The first-order chi connectivity index (χ1) is 13.0. The SMILES string of the molecule is CN1CC(=O)N2C[C@@H](NC(=O)Nc3cccc(-c4cnc[nH]4)c3)C[C@H]2C1=O. The molecule has 2 aliphatic heterocycles. The van der Waals surface area contributed by atoms with Gasteiger partial charge < -0.3 is 25.4 Å². The number of nitrogens with one attached hydrogen (secondary N) is 3. The number of rotatable bonds is 3. The Bertz CT molecular complexity index is 881. The Morgan fingerprint density at radius 3 is 2.96 bits per heavy atom. The number of fused-ring (bicyclic) bond motifs is 1. The summed E-state index contributed by atoms with van der Waals surface area (Å²) < 4.78 is 0. The number of carbonyl (C=O) groups is 3. The van der Waals surface area contributed by atoms with Crippen LogP contribution in [0.25, 0.3) is 11.3 Å². The zero-order chi connectivity index (χ0) is 19.0. The van der Waals surface area contributed by atoms with Crippen LogP contribution in [-0.2, 0) is 9.59 Å². The number of urea groups is 1. The smallest absolute Gasteiger partial charge is 0.319 e. The van der Waals surface area contributed by atoms with Gasteiger partial charge in [-0.2, -0.15) is 0 Å². The number of likely N-dealkylation sites (N-methyl/N-ethyl adjacent to an activating group) is 1. The molecular formula is C18H20N6O3. The van der Waals surface area contributed by atoms with Gasteiger partial charge in [0.25, 0.3) is 0 Å². The van der Waals surface area contributed by atoms with Gasteiger partial charge in [0.2, 0.25) is 11.8 Å². The van der Waals surface area contributed by atoms with Crippen molar-refractivity contribution in [2.45, 2.75) is 18.5 Å². The van der Waals surface area contributed by atoms with E-state index in [4.69, 9.17) is 0 Å². The van der Waals surface area contributed by atoms with Gasteiger partial charge >= 0.3 is 6.03 Å². The van der Waals surface area contributed by atoms with Crippen molar-refractivity contribution in [3.63, 3.8) is 0 Å². The molecule has 3 heterocycles. The van der Waals surface area contributed by atoms with Gasteiger partial charge in [0, 0.05) is 24.8 Å². The number of imidazole rings is 1. The maximum atomic E-state index is 12.4. The van der Waals surface area contributed by atoms with Crippen LogP contribution in [0.1, 0.15) is 6.42 Å². The monoisotopic (exact) mass is 368 g/mol. The van der Waals surface area contributed by atoms with E-state index in [-0.39, 0.29) is 30.4 Å². The second-order valence-electron chi connectivity index (χ2n) is 6.83. The van der Waals surface area contributed by atoms with Gasteiger partial charge in [0.1, 0.15) is 6.04 Å². The minimum Gasteiger partial charge on any atom is -0.345 e. The van der Waals surface area contributed by atoms with Crippen LogP contribution >= 0.6 is 0 Å². The molecule has 0 unspecified atom stereocenters. The predicted molar refractivity (Wildman–Crippen MR) is 97.7 cm³/mol. The lowest BCUT2D eigenvalue weighted by atomic mass is 10.1. The van der Waals surface area contributed by atoms with Gasteiger partial charge in [0.15, 0.2) is 0 Å². The van der Waals surface area contributed by atoms with Crippen LogP contribution in [0.2, 0.25) is 0 Å². The standard InChI is InChI=1S/C18H20N6O3/c1-23-9-16(25)24-8-13(6-15(24)17(23)26)22-18(27)21-12-4-2-3-11(5-12)14-7-19-10-20-14/h2-5,7,10,13,15H,6,8-9H2,1H3,(H,19,20)(H2,21,22,27)/t13-,15-/m0/s1. The van der Waals surface area contributed by atoms with E-state index in [1.54, 1.807) is 30.5 Å². The number of piperazine rings is 1. The summed E-state index contributed by atoms with van der Waals surface area (Å²) in [5.41, 5.74) is 2.40. The number of hydrogen-bond acceptors (Lipinski definition) is 4. The van der Waals surface area contributed by atoms with Gasteiger partial charge in [-0.05, 0) is 18.6 Å². The molecule has 2 saturated heterocycles. The average molecular weight is 368 g/mol. The van der Waals surface area contributed by atoms with Gasteiger partial charge in [-0.15, -0.1) is 0 Å². The van der Waals surface area contributed by atoms with E-state index < -0.39 is 6.04 Å². The van der Waals surface area contributed by atoms with Gasteiger partial charge in [-0.25, -0.2) is 9.78 Å². The first-order valence-electron chi connectivity index (χ1n) is 8.72. The summed E-state index contributed by atoms with van der Waals surface area (Å²) in [5, 5.41) is 5.66. The molecule has 2 atom stereocenters. The zero-order valence-electron chi connectivity index (χ0n) is 14.8. The van der Waals surface area contributed by atoms with Gasteiger partial charge in [-0.3, -0.25) is 9.59 Å². The topological polar surface area (TPSA) is 110 Å². The molecule has 9 heteroatoms. The molecular weight excluding hydrogens is 348 g/mol. The second-order valence-corrected chi connectivity index (χ2v) is 6.83. The summed E-state index contributed by atoms with van der Waals surface area (Å²) in [5.74, 6) is -0.161. The molecule has 140 valence electrons. The van der Waals surface area contributed by atoms with Crippen molar-refractivity contribution in [3.05, 3.63) is 36.8 Å². The summed E-state index contributed by atoms with van der Waals surface area (Å²) >= 11 is 0. The average Bonchev–Trinajstić information content (AvgIpc) is 3.30. The van der Waals surface area contributed by atoms with Crippen LogP contribution in [-0.4, -0.2) is 69.8 Å². The van der Waals surface area contributed by atoms with Crippen LogP contribution in [0, 0.1) is 0 Å². The van der Waals surface area contributed by atoms with Crippen molar-refractivity contribution >= 4 is 23.5 Å². The Hall–Kier alpha value is -3.36. The third-order valence-electron chi connectivity index (χ3n) is 4.92. The highest BCUT2D eigenvalue weighted by atomic mass is 16.2. The number of nitrogens with zero attached hydrogens (tertiary/aromatic N) is 3. The lowest BCUT2D eigenvalue weighted by Crippen LogP contribution is -2.55. The third-order valence-corrected chi connectivity index (χ3v) is 4.92. The highest BCUT2D eigenvalue weighted by Gasteiger charge is 2.44. The normalized spacial score (nSPS) is 22.0. The Morgan fingerprint density at radius 2 is 2.19 bits per heavy atom. The highest BCUT2D eigenvalue weighted by Crippen LogP contribution is 2.24. The van der Waals surface area contributed by atoms with Crippen LogP contribution < -0.4 is 10.6 Å². The minimum atomic E-state index is -0.481. The maximum absolute atomic E-state index is 12.4. The fraction of sp³-hybridized carbons (Fsp3) is 0.333.